The number of hydrogen-bond donors (Lipinski definition) is 2. The smallest absolute Gasteiger partial charge is 0.261 e. The van der Waals surface area contributed by atoms with E-state index >= 15 is 0 Å². The summed E-state index contributed by atoms with van der Waals surface area (Å²) in [6.45, 7) is 2.27. The molecule has 0 saturated carbocycles. The molecular formula is C20H18FN3O4S. The van der Waals surface area contributed by atoms with E-state index in [2.05, 4.69) is 15.0 Å². The molecular weight excluding hydrogens is 397 g/mol. The summed E-state index contributed by atoms with van der Waals surface area (Å²) >= 11 is 0. The lowest BCUT2D eigenvalue weighted by atomic mass is 10.2. The van der Waals surface area contributed by atoms with Gasteiger partial charge in [0.25, 0.3) is 15.9 Å². The summed E-state index contributed by atoms with van der Waals surface area (Å²) in [5.41, 5.74) is 0.585. The highest BCUT2D eigenvalue weighted by Crippen LogP contribution is 2.25. The standard InChI is InChI=1S/C20H18FN3O4S/c1-2-22-19(25)18-4-3-13-23-20(18)28-16-9-7-15(8-10-16)24-29(26,27)17-11-5-14(21)6-12-17/h3-13,24H,2H2,1H3,(H,22,25). The van der Waals surface area contributed by atoms with Crippen LogP contribution in [-0.4, -0.2) is 25.9 Å². The molecule has 7 nitrogen and oxygen atoms in total. The zero-order chi connectivity index (χ0) is 20.9. The Balaban J connectivity index is 1.74. The van der Waals surface area contributed by atoms with Crippen LogP contribution in [0.25, 0.3) is 0 Å². The fraction of sp³-hybridized carbons (Fsp3) is 0.100. The molecule has 150 valence electrons. The average Bonchev–Trinajstić information content (AvgIpc) is 2.70. The molecule has 0 aliphatic carbocycles. The maximum atomic E-state index is 13.0. The van der Waals surface area contributed by atoms with Crippen molar-refractivity contribution in [1.29, 1.82) is 0 Å². The normalized spacial score (nSPS) is 11.0. The Morgan fingerprint density at radius 1 is 1.07 bits per heavy atom. The number of nitrogens with zero attached hydrogens (tertiary/aromatic N) is 1. The van der Waals surface area contributed by atoms with Gasteiger partial charge in [0.1, 0.15) is 17.1 Å². The van der Waals surface area contributed by atoms with Gasteiger partial charge in [-0.2, -0.15) is 0 Å². The quantitative estimate of drug-likeness (QED) is 0.615. The minimum Gasteiger partial charge on any atom is -0.438 e. The van der Waals surface area contributed by atoms with Crippen LogP contribution < -0.4 is 14.8 Å². The first kappa shape index (κ1) is 20.3. The van der Waals surface area contributed by atoms with Crippen molar-refractivity contribution in [3.05, 3.63) is 78.2 Å². The van der Waals surface area contributed by atoms with Gasteiger partial charge in [-0.15, -0.1) is 0 Å². The molecule has 0 radical (unpaired) electrons. The molecule has 0 saturated heterocycles. The highest BCUT2D eigenvalue weighted by molar-refractivity contribution is 7.92. The molecule has 2 N–H and O–H groups in total. The van der Waals surface area contributed by atoms with E-state index in [1.807, 2.05) is 0 Å². The number of sulfonamides is 1. The number of anilines is 1. The summed E-state index contributed by atoms with van der Waals surface area (Å²) in [5, 5.41) is 2.68. The number of ether oxygens (including phenoxy) is 1. The maximum absolute atomic E-state index is 13.0. The van der Waals surface area contributed by atoms with Gasteiger partial charge >= 0.3 is 0 Å². The lowest BCUT2D eigenvalue weighted by Gasteiger charge is -2.11. The van der Waals surface area contributed by atoms with Crippen molar-refractivity contribution in [2.45, 2.75) is 11.8 Å². The molecule has 1 heterocycles. The highest BCUT2D eigenvalue weighted by Gasteiger charge is 2.15. The molecule has 9 heteroatoms. The van der Waals surface area contributed by atoms with Crippen molar-refractivity contribution in [3.63, 3.8) is 0 Å². The summed E-state index contributed by atoms with van der Waals surface area (Å²) in [7, 11) is -3.85. The predicted molar refractivity (Wildman–Crippen MR) is 106 cm³/mol. The van der Waals surface area contributed by atoms with Gasteiger partial charge in [-0.1, -0.05) is 0 Å². The molecule has 29 heavy (non-hydrogen) atoms. The maximum Gasteiger partial charge on any atom is 0.261 e. The summed E-state index contributed by atoms with van der Waals surface area (Å²) in [4.78, 5) is 16.1. The zero-order valence-electron chi connectivity index (χ0n) is 15.4. The van der Waals surface area contributed by atoms with Gasteiger partial charge in [-0.3, -0.25) is 9.52 Å². The van der Waals surface area contributed by atoms with E-state index in [0.717, 1.165) is 12.1 Å². The fourth-order valence-electron chi connectivity index (χ4n) is 2.43. The average molecular weight is 415 g/mol. The van der Waals surface area contributed by atoms with Gasteiger partial charge in [0, 0.05) is 18.4 Å². The van der Waals surface area contributed by atoms with Crippen LogP contribution in [0.15, 0.2) is 71.8 Å². The third kappa shape index (κ3) is 5.08. The molecule has 0 aliphatic heterocycles. The Kier molecular flexibility index (Phi) is 6.08. The van der Waals surface area contributed by atoms with E-state index in [4.69, 9.17) is 4.74 Å². The van der Waals surface area contributed by atoms with Crippen molar-refractivity contribution in [3.8, 4) is 11.6 Å². The van der Waals surface area contributed by atoms with E-state index in [-0.39, 0.29) is 22.2 Å². The zero-order valence-corrected chi connectivity index (χ0v) is 16.2. The first-order chi connectivity index (χ1) is 13.9. The Bertz CT molecular complexity index is 1100. The summed E-state index contributed by atoms with van der Waals surface area (Å²) in [5.74, 6) is -0.316. The van der Waals surface area contributed by atoms with Gasteiger partial charge in [0.15, 0.2) is 0 Å². The molecule has 3 rings (SSSR count). The second kappa shape index (κ2) is 8.70. The van der Waals surface area contributed by atoms with Gasteiger partial charge in [-0.25, -0.2) is 17.8 Å². The number of nitrogens with one attached hydrogen (secondary N) is 2. The molecule has 2 aromatic carbocycles. The number of benzene rings is 2. The van der Waals surface area contributed by atoms with Crippen LogP contribution in [0.4, 0.5) is 10.1 Å². The lowest BCUT2D eigenvalue weighted by molar-refractivity contribution is 0.0953. The molecule has 0 bridgehead atoms. The number of hydrogen-bond acceptors (Lipinski definition) is 5. The van der Waals surface area contributed by atoms with Gasteiger partial charge < -0.3 is 10.1 Å². The first-order valence-electron chi connectivity index (χ1n) is 8.68. The number of carbonyl (C=O) groups is 1. The van der Waals surface area contributed by atoms with Crippen molar-refractivity contribution in [2.24, 2.45) is 0 Å². The first-order valence-corrected chi connectivity index (χ1v) is 10.2. The number of halogens is 1. The van der Waals surface area contributed by atoms with E-state index in [0.29, 0.717) is 18.0 Å². The molecule has 1 amide bonds. The minimum atomic E-state index is -3.85. The number of amides is 1. The van der Waals surface area contributed by atoms with Gasteiger partial charge in [0.2, 0.25) is 5.88 Å². The minimum absolute atomic E-state index is 0.0562. The Hall–Kier alpha value is -3.46. The van der Waals surface area contributed by atoms with Crippen LogP contribution in [0.1, 0.15) is 17.3 Å². The SMILES string of the molecule is CCNC(=O)c1cccnc1Oc1ccc(NS(=O)(=O)c2ccc(F)cc2)cc1. The molecule has 0 aliphatic rings. The van der Waals surface area contributed by atoms with Gasteiger partial charge in [-0.05, 0) is 67.6 Å². The van der Waals surface area contributed by atoms with Gasteiger partial charge in [0.05, 0.1) is 4.90 Å². The van der Waals surface area contributed by atoms with Crippen LogP contribution in [0, 0.1) is 5.82 Å². The lowest BCUT2D eigenvalue weighted by Crippen LogP contribution is -2.23. The Morgan fingerprint density at radius 3 is 2.41 bits per heavy atom. The number of pyridine rings is 1. The third-order valence-electron chi connectivity index (χ3n) is 3.80. The summed E-state index contributed by atoms with van der Waals surface area (Å²) in [6.07, 6.45) is 1.50. The van der Waals surface area contributed by atoms with Crippen molar-refractivity contribution in [1.82, 2.24) is 10.3 Å². The third-order valence-corrected chi connectivity index (χ3v) is 5.20. The molecule has 0 atom stereocenters. The van der Waals surface area contributed by atoms with Crippen LogP contribution in [0.5, 0.6) is 11.6 Å². The van der Waals surface area contributed by atoms with Crippen LogP contribution in [0.2, 0.25) is 0 Å². The van der Waals surface area contributed by atoms with Crippen molar-refractivity contribution >= 4 is 21.6 Å². The van der Waals surface area contributed by atoms with Crippen molar-refractivity contribution < 1.29 is 22.3 Å². The highest BCUT2D eigenvalue weighted by atomic mass is 32.2. The largest absolute Gasteiger partial charge is 0.438 e. The molecule has 0 fully saturated rings. The second-order valence-corrected chi connectivity index (χ2v) is 7.58. The fourth-order valence-corrected chi connectivity index (χ4v) is 3.49. The van der Waals surface area contributed by atoms with Crippen LogP contribution in [0.3, 0.4) is 0 Å². The topological polar surface area (TPSA) is 97.4 Å². The summed E-state index contributed by atoms with van der Waals surface area (Å²) < 4.78 is 45.8. The summed E-state index contributed by atoms with van der Waals surface area (Å²) in [6, 6.07) is 13.8. The van der Waals surface area contributed by atoms with E-state index < -0.39 is 15.8 Å². The van der Waals surface area contributed by atoms with Crippen LogP contribution >= 0.6 is 0 Å². The molecule has 0 unspecified atom stereocenters. The predicted octanol–water partition coefficient (Wildman–Crippen LogP) is 3.56. The molecule has 3 aromatic rings. The number of carbonyl (C=O) groups excluding carboxylic acids is 1. The molecule has 1 aromatic heterocycles. The second-order valence-electron chi connectivity index (χ2n) is 5.90. The van der Waals surface area contributed by atoms with E-state index in [1.54, 1.807) is 31.2 Å². The van der Waals surface area contributed by atoms with E-state index in [9.17, 15) is 17.6 Å². The number of aromatic nitrogens is 1. The van der Waals surface area contributed by atoms with Crippen molar-refractivity contribution in [2.75, 3.05) is 11.3 Å². The van der Waals surface area contributed by atoms with E-state index in [1.165, 1.54) is 30.5 Å². The number of rotatable bonds is 7. The Labute approximate surface area is 167 Å². The van der Waals surface area contributed by atoms with Crippen LogP contribution in [-0.2, 0) is 10.0 Å². The Morgan fingerprint density at radius 2 is 1.76 bits per heavy atom. The molecule has 0 spiro atoms. The monoisotopic (exact) mass is 415 g/mol.